The number of halogens is 1. The lowest BCUT2D eigenvalue weighted by Crippen LogP contribution is -2.38. The van der Waals surface area contributed by atoms with Crippen LogP contribution in [0.1, 0.15) is 23.0 Å². The predicted octanol–water partition coefficient (Wildman–Crippen LogP) is 4.43. The predicted molar refractivity (Wildman–Crippen MR) is 109 cm³/mol. The molecule has 0 aliphatic carbocycles. The van der Waals surface area contributed by atoms with Gasteiger partial charge in [0.05, 0.1) is 11.3 Å². The number of amides is 3. The van der Waals surface area contributed by atoms with Crippen LogP contribution >= 0.6 is 0 Å². The normalized spacial score (nSPS) is 12.6. The molecule has 148 valence electrons. The Morgan fingerprint density at radius 1 is 1.14 bits per heavy atom. The Balaban J connectivity index is 1.52. The van der Waals surface area contributed by atoms with Crippen molar-refractivity contribution >= 4 is 23.3 Å². The number of benzene rings is 2. The highest BCUT2D eigenvalue weighted by Crippen LogP contribution is 2.31. The zero-order chi connectivity index (χ0) is 20.4. The van der Waals surface area contributed by atoms with Crippen LogP contribution in [0.25, 0.3) is 11.3 Å². The minimum absolute atomic E-state index is 0.0735. The lowest BCUT2D eigenvalue weighted by atomic mass is 10.1. The minimum Gasteiger partial charge on any atom is -0.451 e. The van der Waals surface area contributed by atoms with Crippen LogP contribution in [-0.2, 0) is 6.42 Å². The van der Waals surface area contributed by atoms with E-state index < -0.39 is 11.7 Å². The van der Waals surface area contributed by atoms with Gasteiger partial charge in [-0.3, -0.25) is 9.69 Å². The number of urea groups is 1. The molecule has 3 amide bonds. The molecule has 4 rings (SSSR count). The Kier molecular flexibility index (Phi) is 5.03. The molecule has 2 N–H and O–H groups in total. The summed E-state index contributed by atoms with van der Waals surface area (Å²) in [7, 11) is 0. The fourth-order valence-corrected chi connectivity index (χ4v) is 3.37. The molecule has 2 aromatic carbocycles. The van der Waals surface area contributed by atoms with Gasteiger partial charge in [-0.2, -0.15) is 0 Å². The number of hydrogen-bond acceptors (Lipinski definition) is 3. The number of carbonyl (C=O) groups excluding carboxylic acids is 2. The number of rotatable bonds is 4. The van der Waals surface area contributed by atoms with Crippen molar-refractivity contribution in [2.75, 3.05) is 23.3 Å². The summed E-state index contributed by atoms with van der Waals surface area (Å²) in [5.74, 6) is -0.512. The van der Waals surface area contributed by atoms with E-state index in [0.29, 0.717) is 24.3 Å². The lowest BCUT2D eigenvalue weighted by molar-refractivity contribution is 0.0997. The smallest absolute Gasteiger partial charge is 0.321 e. The number of carbonyl (C=O) groups is 2. The van der Waals surface area contributed by atoms with Crippen molar-refractivity contribution in [1.29, 1.82) is 0 Å². The van der Waals surface area contributed by atoms with Gasteiger partial charge in [0.1, 0.15) is 11.6 Å². The van der Waals surface area contributed by atoms with E-state index in [1.54, 1.807) is 41.3 Å². The molecule has 0 fully saturated rings. The van der Waals surface area contributed by atoms with Crippen molar-refractivity contribution < 1.29 is 18.4 Å². The van der Waals surface area contributed by atoms with Crippen LogP contribution < -0.4 is 15.5 Å². The van der Waals surface area contributed by atoms with Crippen LogP contribution in [-0.4, -0.2) is 25.0 Å². The monoisotopic (exact) mass is 393 g/mol. The number of nitrogens with zero attached hydrogens (tertiary/aromatic N) is 1. The molecule has 0 saturated heterocycles. The maximum absolute atomic E-state index is 13.9. The summed E-state index contributed by atoms with van der Waals surface area (Å²) in [4.78, 5) is 26.4. The zero-order valence-electron chi connectivity index (χ0n) is 15.9. The Hall–Kier alpha value is -3.61. The summed E-state index contributed by atoms with van der Waals surface area (Å²) in [6.07, 6.45) is 0.769. The first-order valence-electron chi connectivity index (χ1n) is 9.41. The molecule has 1 aliphatic rings. The molecular formula is C22H20FN3O3. The molecule has 0 bridgehead atoms. The highest BCUT2D eigenvalue weighted by molar-refractivity contribution is 6.03. The summed E-state index contributed by atoms with van der Waals surface area (Å²) >= 11 is 0. The summed E-state index contributed by atoms with van der Waals surface area (Å²) < 4.78 is 19.5. The fourth-order valence-electron chi connectivity index (χ4n) is 3.37. The first-order valence-corrected chi connectivity index (χ1v) is 9.41. The molecule has 0 unspecified atom stereocenters. The average molecular weight is 393 g/mol. The van der Waals surface area contributed by atoms with Crippen molar-refractivity contribution in [2.24, 2.45) is 0 Å². The first-order chi connectivity index (χ1) is 14.1. The molecule has 7 heteroatoms. The average Bonchev–Trinajstić information content (AvgIpc) is 3.36. The van der Waals surface area contributed by atoms with Crippen LogP contribution in [0.15, 0.2) is 59.0 Å². The van der Waals surface area contributed by atoms with E-state index in [1.807, 2.05) is 13.0 Å². The summed E-state index contributed by atoms with van der Waals surface area (Å²) in [6, 6.07) is 14.6. The number of nitrogens with one attached hydrogen (secondary N) is 2. The van der Waals surface area contributed by atoms with Gasteiger partial charge in [-0.15, -0.1) is 0 Å². The molecule has 6 nitrogen and oxygen atoms in total. The van der Waals surface area contributed by atoms with E-state index in [2.05, 4.69) is 10.6 Å². The highest BCUT2D eigenvalue weighted by atomic mass is 19.1. The van der Waals surface area contributed by atoms with E-state index in [4.69, 9.17) is 4.42 Å². The van der Waals surface area contributed by atoms with Crippen molar-refractivity contribution in [1.82, 2.24) is 5.32 Å². The molecule has 1 aromatic heterocycles. The van der Waals surface area contributed by atoms with E-state index in [-0.39, 0.29) is 17.6 Å². The number of hydrogen-bond donors (Lipinski definition) is 2. The second kappa shape index (κ2) is 7.79. The van der Waals surface area contributed by atoms with Gasteiger partial charge in [-0.05, 0) is 55.3 Å². The summed E-state index contributed by atoms with van der Waals surface area (Å²) in [5, 5.41) is 5.57. The largest absolute Gasteiger partial charge is 0.451 e. The molecule has 0 atom stereocenters. The van der Waals surface area contributed by atoms with Crippen molar-refractivity contribution in [3.05, 3.63) is 71.7 Å². The summed E-state index contributed by atoms with van der Waals surface area (Å²) in [6.45, 7) is 3.01. The molecule has 1 aliphatic heterocycles. The maximum Gasteiger partial charge on any atom is 0.321 e. The highest BCUT2D eigenvalue weighted by Gasteiger charge is 2.25. The third-order valence-electron chi connectivity index (χ3n) is 4.78. The van der Waals surface area contributed by atoms with Gasteiger partial charge in [-0.25, -0.2) is 9.18 Å². The van der Waals surface area contributed by atoms with Gasteiger partial charge in [0.15, 0.2) is 5.76 Å². The van der Waals surface area contributed by atoms with E-state index in [1.165, 1.54) is 12.1 Å². The van der Waals surface area contributed by atoms with Crippen LogP contribution in [0.4, 0.5) is 20.6 Å². The van der Waals surface area contributed by atoms with Gasteiger partial charge in [-0.1, -0.05) is 18.2 Å². The van der Waals surface area contributed by atoms with Crippen LogP contribution in [0, 0.1) is 5.82 Å². The van der Waals surface area contributed by atoms with Crippen LogP contribution in [0.2, 0.25) is 0 Å². The second-order valence-corrected chi connectivity index (χ2v) is 6.68. The maximum atomic E-state index is 13.9. The van der Waals surface area contributed by atoms with Gasteiger partial charge >= 0.3 is 6.03 Å². The summed E-state index contributed by atoms with van der Waals surface area (Å²) in [5.41, 5.74) is 2.67. The third kappa shape index (κ3) is 3.71. The molecule has 3 aromatic rings. The second-order valence-electron chi connectivity index (χ2n) is 6.68. The van der Waals surface area contributed by atoms with Gasteiger partial charge in [0.25, 0.3) is 5.91 Å². The SMILES string of the molecule is CCNC(=O)N1CCc2ccc(NC(=O)c3ccc(-c4ccccc4F)o3)cc21. The Bertz CT molecular complexity index is 1080. The van der Waals surface area contributed by atoms with Crippen molar-refractivity contribution in [3.8, 4) is 11.3 Å². The number of fused-ring (bicyclic) bond motifs is 1. The van der Waals surface area contributed by atoms with Crippen molar-refractivity contribution in [2.45, 2.75) is 13.3 Å². The minimum atomic E-state index is -0.449. The van der Waals surface area contributed by atoms with Crippen LogP contribution in [0.3, 0.4) is 0 Å². The number of anilines is 2. The molecule has 0 saturated carbocycles. The standard InChI is InChI=1S/C22H20FN3O3/c1-2-24-22(28)26-12-11-14-7-8-15(13-18(14)26)25-21(27)20-10-9-19(29-20)16-5-3-4-6-17(16)23/h3-10,13H,2,11-12H2,1H3,(H,24,28)(H,25,27). The first kappa shape index (κ1) is 18.7. The van der Waals surface area contributed by atoms with Crippen molar-refractivity contribution in [3.63, 3.8) is 0 Å². The Morgan fingerprint density at radius 2 is 1.97 bits per heavy atom. The Morgan fingerprint density at radius 3 is 2.76 bits per heavy atom. The lowest BCUT2D eigenvalue weighted by Gasteiger charge is -2.18. The van der Waals surface area contributed by atoms with Gasteiger partial charge in [0, 0.05) is 18.8 Å². The number of furan rings is 1. The third-order valence-corrected chi connectivity index (χ3v) is 4.78. The molecule has 0 spiro atoms. The van der Waals surface area contributed by atoms with Gasteiger partial charge in [0.2, 0.25) is 0 Å². The molecule has 0 radical (unpaired) electrons. The zero-order valence-corrected chi connectivity index (χ0v) is 15.9. The van der Waals surface area contributed by atoms with E-state index in [9.17, 15) is 14.0 Å². The van der Waals surface area contributed by atoms with Gasteiger partial charge < -0.3 is 15.1 Å². The molecule has 29 heavy (non-hydrogen) atoms. The topological polar surface area (TPSA) is 74.6 Å². The Labute approximate surface area is 167 Å². The molecule has 2 heterocycles. The van der Waals surface area contributed by atoms with E-state index >= 15 is 0 Å². The molecular weight excluding hydrogens is 373 g/mol. The van der Waals surface area contributed by atoms with Crippen LogP contribution in [0.5, 0.6) is 0 Å². The van der Waals surface area contributed by atoms with E-state index in [0.717, 1.165) is 17.7 Å². The quantitative estimate of drug-likeness (QED) is 0.689. The fraction of sp³-hybridized carbons (Fsp3) is 0.182.